The fraction of sp³-hybridized carbons (Fsp3) is 0.769. The van der Waals surface area contributed by atoms with Crippen LogP contribution in [0.4, 0.5) is 39.5 Å². The highest BCUT2D eigenvalue weighted by Crippen LogP contribution is 2.19. The van der Waals surface area contributed by atoms with Crippen molar-refractivity contribution in [3.05, 3.63) is 0 Å². The third kappa shape index (κ3) is 12.0. The first kappa shape index (κ1) is 26.7. The minimum absolute atomic E-state index is 0.0645. The average molecular weight is 449 g/mol. The average Bonchev–Trinajstić information content (AvgIpc) is 2.53. The number of esters is 1. The number of hydrogen-bond donors (Lipinski definition) is 3. The van der Waals surface area contributed by atoms with E-state index in [1.165, 1.54) is 0 Å². The van der Waals surface area contributed by atoms with E-state index < -0.39 is 49.0 Å². The summed E-state index contributed by atoms with van der Waals surface area (Å²) >= 11 is 0. The first-order valence-electron chi connectivity index (χ1n) is 7.76. The lowest BCUT2D eigenvalue weighted by Gasteiger charge is -2.20. The Balaban J connectivity index is 4.31. The summed E-state index contributed by atoms with van der Waals surface area (Å²) in [5.41, 5.74) is 0. The molecule has 16 heteroatoms. The number of hydrogen-bond acceptors (Lipinski definition) is 5. The number of carbonyl (C=O) groups excluding carboxylic acids is 3. The first-order chi connectivity index (χ1) is 13.0. The van der Waals surface area contributed by atoms with Gasteiger partial charge in [-0.25, -0.2) is 4.79 Å². The lowest BCUT2D eigenvalue weighted by atomic mass is 10.3. The fourth-order valence-electron chi connectivity index (χ4n) is 1.62. The summed E-state index contributed by atoms with van der Waals surface area (Å²) in [6.07, 6.45) is -18.5. The van der Waals surface area contributed by atoms with Crippen molar-refractivity contribution < 1.29 is 58.6 Å². The number of halogens is 9. The van der Waals surface area contributed by atoms with Gasteiger partial charge in [0.05, 0.1) is 0 Å². The molecule has 0 aromatic rings. The zero-order valence-corrected chi connectivity index (χ0v) is 14.4. The van der Waals surface area contributed by atoms with Crippen molar-refractivity contribution in [3.63, 3.8) is 0 Å². The fourth-order valence-corrected chi connectivity index (χ4v) is 1.62. The van der Waals surface area contributed by atoms with Crippen molar-refractivity contribution in [1.82, 2.24) is 16.0 Å². The van der Waals surface area contributed by atoms with Crippen LogP contribution in [-0.2, 0) is 19.1 Å². The van der Waals surface area contributed by atoms with Crippen LogP contribution in [-0.4, -0.2) is 62.2 Å². The van der Waals surface area contributed by atoms with Gasteiger partial charge in [0, 0.05) is 19.5 Å². The van der Waals surface area contributed by atoms with Gasteiger partial charge >= 0.3 is 36.3 Å². The van der Waals surface area contributed by atoms with Gasteiger partial charge in [0.15, 0.2) is 6.23 Å². The Morgan fingerprint density at radius 1 is 0.724 bits per heavy atom. The normalized spacial score (nSPS) is 13.6. The van der Waals surface area contributed by atoms with E-state index in [4.69, 9.17) is 0 Å². The zero-order valence-electron chi connectivity index (χ0n) is 14.4. The monoisotopic (exact) mass is 449 g/mol. The Morgan fingerprint density at radius 2 is 1.24 bits per heavy atom. The molecule has 3 N–H and O–H groups in total. The molecule has 0 radical (unpaired) electrons. The number of rotatable bonds is 10. The third-order valence-electron chi connectivity index (χ3n) is 2.94. The van der Waals surface area contributed by atoms with Crippen LogP contribution >= 0.6 is 0 Å². The number of nitrogens with one attached hydrogen (secondary N) is 3. The van der Waals surface area contributed by atoms with Crippen LogP contribution in [0.2, 0.25) is 0 Å². The summed E-state index contributed by atoms with van der Waals surface area (Å²) in [5, 5.41) is 5.21. The summed E-state index contributed by atoms with van der Waals surface area (Å²) in [4.78, 5) is 32.0. The number of unbranched alkanes of at least 4 members (excludes halogenated alkanes) is 1. The Hall–Kier alpha value is -2.26. The molecule has 0 saturated heterocycles. The standard InChI is InChI=1S/C13H16F9N3O4/c14-11(15,16)8(26)24-5-2-1-4-23-6-3-7(25-9(27)12(17,18)19)29-10(28)13(20,21)22/h7,23H,1-6H2,(H,24,26)(H,25,27). The van der Waals surface area contributed by atoms with Crippen LogP contribution in [0.3, 0.4) is 0 Å². The molecule has 0 bridgehead atoms. The van der Waals surface area contributed by atoms with Crippen LogP contribution in [0.25, 0.3) is 0 Å². The Labute approximate surface area is 157 Å². The van der Waals surface area contributed by atoms with Gasteiger partial charge in [-0.3, -0.25) is 9.59 Å². The maximum atomic E-state index is 12.2. The second-order valence-corrected chi connectivity index (χ2v) is 5.36. The molecule has 0 aliphatic heterocycles. The van der Waals surface area contributed by atoms with Gasteiger partial charge in [0.2, 0.25) is 0 Å². The Kier molecular flexibility index (Phi) is 10.2. The first-order valence-corrected chi connectivity index (χ1v) is 7.76. The molecule has 0 spiro atoms. The van der Waals surface area contributed by atoms with Gasteiger partial charge in [-0.2, -0.15) is 39.5 Å². The second-order valence-electron chi connectivity index (χ2n) is 5.36. The molecule has 0 aromatic carbocycles. The van der Waals surface area contributed by atoms with Crippen LogP contribution in [0.15, 0.2) is 0 Å². The summed E-state index contributed by atoms with van der Waals surface area (Å²) in [7, 11) is 0. The van der Waals surface area contributed by atoms with Crippen molar-refractivity contribution in [2.75, 3.05) is 19.6 Å². The van der Waals surface area contributed by atoms with E-state index >= 15 is 0 Å². The lowest BCUT2D eigenvalue weighted by Crippen LogP contribution is -2.47. The zero-order chi connectivity index (χ0) is 22.9. The molecule has 0 aromatic heterocycles. The molecule has 0 fully saturated rings. The summed E-state index contributed by atoms with van der Waals surface area (Å²) < 4.78 is 112. The molecular formula is C13H16F9N3O4. The third-order valence-corrected chi connectivity index (χ3v) is 2.94. The van der Waals surface area contributed by atoms with Gasteiger partial charge in [-0.1, -0.05) is 0 Å². The Morgan fingerprint density at radius 3 is 1.72 bits per heavy atom. The summed E-state index contributed by atoms with van der Waals surface area (Å²) in [6, 6.07) is 0. The molecule has 1 unspecified atom stereocenters. The van der Waals surface area contributed by atoms with E-state index in [1.54, 1.807) is 5.32 Å². The molecule has 170 valence electrons. The molecule has 0 aliphatic carbocycles. The van der Waals surface area contributed by atoms with E-state index in [1.807, 2.05) is 0 Å². The summed E-state index contributed by atoms with van der Waals surface area (Å²) in [6.45, 7) is -0.550. The molecule has 29 heavy (non-hydrogen) atoms. The highest BCUT2D eigenvalue weighted by atomic mass is 19.4. The molecule has 0 saturated carbocycles. The lowest BCUT2D eigenvalue weighted by molar-refractivity contribution is -0.208. The second kappa shape index (κ2) is 11.1. The van der Waals surface area contributed by atoms with Crippen molar-refractivity contribution in [1.29, 1.82) is 0 Å². The minimum Gasteiger partial charge on any atom is -0.435 e. The SMILES string of the molecule is O=C(NCCCCNCCC(NC(=O)C(F)(F)F)OC(=O)C(F)(F)F)C(F)(F)F. The molecule has 2 amide bonds. The molecular weight excluding hydrogens is 433 g/mol. The van der Waals surface area contributed by atoms with E-state index in [0.717, 1.165) is 5.32 Å². The Bertz CT molecular complexity index is 533. The molecule has 7 nitrogen and oxygen atoms in total. The van der Waals surface area contributed by atoms with Gasteiger partial charge in [-0.05, 0) is 19.4 Å². The maximum Gasteiger partial charge on any atom is 0.491 e. The smallest absolute Gasteiger partial charge is 0.435 e. The summed E-state index contributed by atoms with van der Waals surface area (Å²) in [5.74, 6) is -7.54. The van der Waals surface area contributed by atoms with Gasteiger partial charge < -0.3 is 20.7 Å². The van der Waals surface area contributed by atoms with Crippen LogP contribution in [0.5, 0.6) is 0 Å². The van der Waals surface area contributed by atoms with E-state index in [2.05, 4.69) is 10.1 Å². The molecule has 0 aliphatic rings. The van der Waals surface area contributed by atoms with Crippen LogP contribution in [0.1, 0.15) is 19.3 Å². The maximum absolute atomic E-state index is 12.2. The van der Waals surface area contributed by atoms with Crippen LogP contribution in [0, 0.1) is 0 Å². The van der Waals surface area contributed by atoms with Crippen molar-refractivity contribution in [2.24, 2.45) is 0 Å². The van der Waals surface area contributed by atoms with E-state index in [0.29, 0.717) is 0 Å². The van der Waals surface area contributed by atoms with Gasteiger partial charge in [0.1, 0.15) is 0 Å². The predicted molar refractivity (Wildman–Crippen MR) is 75.9 cm³/mol. The minimum atomic E-state index is -5.49. The van der Waals surface area contributed by atoms with Gasteiger partial charge in [-0.15, -0.1) is 0 Å². The van der Waals surface area contributed by atoms with E-state index in [9.17, 15) is 53.9 Å². The highest BCUT2D eigenvalue weighted by molar-refractivity contribution is 5.82. The largest absolute Gasteiger partial charge is 0.491 e. The number of amides is 2. The van der Waals surface area contributed by atoms with Crippen molar-refractivity contribution in [3.8, 4) is 0 Å². The number of alkyl halides is 9. The molecule has 0 heterocycles. The quantitative estimate of drug-likeness (QED) is 0.204. The predicted octanol–water partition coefficient (Wildman–Crippen LogP) is 1.53. The topological polar surface area (TPSA) is 96.5 Å². The molecule has 0 rings (SSSR count). The van der Waals surface area contributed by atoms with Crippen molar-refractivity contribution in [2.45, 2.75) is 44.0 Å². The highest BCUT2D eigenvalue weighted by Gasteiger charge is 2.44. The number of carbonyl (C=O) groups is 3. The van der Waals surface area contributed by atoms with Gasteiger partial charge in [0.25, 0.3) is 0 Å². The van der Waals surface area contributed by atoms with Crippen molar-refractivity contribution >= 4 is 17.8 Å². The van der Waals surface area contributed by atoms with Crippen LogP contribution < -0.4 is 16.0 Å². The van der Waals surface area contributed by atoms with E-state index in [-0.39, 0.29) is 32.5 Å². The molecule has 1 atom stereocenters. The number of ether oxygens (including phenoxy) is 1.